The number of hydrogen-bond donors (Lipinski definition) is 0. The van der Waals surface area contributed by atoms with Crippen LogP contribution in [0.5, 0.6) is 0 Å². The van der Waals surface area contributed by atoms with E-state index in [9.17, 15) is 5.11 Å². The topological polar surface area (TPSA) is 59.2 Å². The van der Waals surface area contributed by atoms with Crippen molar-refractivity contribution in [3.05, 3.63) is 35.9 Å². The van der Waals surface area contributed by atoms with Crippen molar-refractivity contribution in [3.63, 3.8) is 0 Å². The van der Waals surface area contributed by atoms with Gasteiger partial charge in [0.2, 0.25) is 0 Å². The normalized spacial score (nSPS) is 12.2. The van der Waals surface area contributed by atoms with Crippen molar-refractivity contribution in [3.8, 4) is 6.07 Å². The lowest BCUT2D eigenvalue weighted by Crippen LogP contribution is -2.25. The second-order valence-electron chi connectivity index (χ2n) is 3.45. The largest absolute Gasteiger partial charge is 0.858 e. The number of benzene rings is 1. The molecule has 0 aliphatic heterocycles. The van der Waals surface area contributed by atoms with Crippen molar-refractivity contribution >= 4 is 5.90 Å². The van der Waals surface area contributed by atoms with Gasteiger partial charge in [0.25, 0.3) is 0 Å². The molecule has 0 spiro atoms. The van der Waals surface area contributed by atoms with Gasteiger partial charge in [-0.3, -0.25) is 4.99 Å². The summed E-state index contributed by atoms with van der Waals surface area (Å²) >= 11 is 0. The zero-order valence-corrected chi connectivity index (χ0v) is 8.19. The summed E-state index contributed by atoms with van der Waals surface area (Å²) in [7, 11) is 0. The molecule has 1 rings (SSSR count). The average molecular weight is 187 g/mol. The molecule has 0 aromatic heterocycles. The van der Waals surface area contributed by atoms with Crippen LogP contribution in [0.4, 0.5) is 0 Å². The molecule has 14 heavy (non-hydrogen) atoms. The van der Waals surface area contributed by atoms with Crippen molar-refractivity contribution in [2.75, 3.05) is 0 Å². The van der Waals surface area contributed by atoms with Gasteiger partial charge in [0.1, 0.15) is 5.54 Å². The SMILES string of the molecule is CC(C)(C#N)N=C([O-])c1ccccc1. The Balaban J connectivity index is 2.98. The van der Waals surface area contributed by atoms with Crippen LogP contribution in [-0.4, -0.2) is 11.4 Å². The highest BCUT2D eigenvalue weighted by Crippen LogP contribution is 2.08. The van der Waals surface area contributed by atoms with Crippen LogP contribution in [-0.2, 0) is 0 Å². The number of rotatable bonds is 2. The summed E-state index contributed by atoms with van der Waals surface area (Å²) in [5.41, 5.74) is -0.441. The van der Waals surface area contributed by atoms with Gasteiger partial charge in [0, 0.05) is 0 Å². The van der Waals surface area contributed by atoms with E-state index in [1.54, 1.807) is 38.1 Å². The van der Waals surface area contributed by atoms with E-state index in [0.29, 0.717) is 5.56 Å². The zero-order chi connectivity index (χ0) is 10.6. The summed E-state index contributed by atoms with van der Waals surface area (Å²) in [5.74, 6) is -0.350. The van der Waals surface area contributed by atoms with Gasteiger partial charge in [-0.25, -0.2) is 0 Å². The molecule has 0 saturated carbocycles. The Hall–Kier alpha value is -1.82. The first kappa shape index (κ1) is 10.3. The molecule has 0 bridgehead atoms. The first-order chi connectivity index (χ1) is 6.55. The van der Waals surface area contributed by atoms with Crippen molar-refractivity contribution in [2.24, 2.45) is 4.99 Å². The maximum absolute atomic E-state index is 11.5. The van der Waals surface area contributed by atoms with Crippen LogP contribution in [0, 0.1) is 11.3 Å². The molecule has 0 atom stereocenters. The molecule has 1 aromatic carbocycles. The zero-order valence-electron chi connectivity index (χ0n) is 8.19. The summed E-state index contributed by atoms with van der Waals surface area (Å²) < 4.78 is 0. The molecule has 0 unspecified atom stereocenters. The molecule has 0 aliphatic carbocycles. The molecule has 0 fully saturated rings. The monoisotopic (exact) mass is 187 g/mol. The number of hydrogen-bond acceptors (Lipinski definition) is 3. The molecule has 0 N–H and O–H groups in total. The molecular formula is C11H11N2O-. The Kier molecular flexibility index (Phi) is 2.88. The minimum atomic E-state index is -0.951. The third kappa shape index (κ3) is 2.60. The van der Waals surface area contributed by atoms with Gasteiger partial charge in [-0.15, -0.1) is 0 Å². The van der Waals surface area contributed by atoms with Crippen molar-refractivity contribution in [2.45, 2.75) is 19.4 Å². The Morgan fingerprint density at radius 2 is 1.93 bits per heavy atom. The molecule has 72 valence electrons. The van der Waals surface area contributed by atoms with Crippen molar-refractivity contribution < 1.29 is 5.11 Å². The molecule has 0 heterocycles. The fourth-order valence-electron chi connectivity index (χ4n) is 0.924. The molecule has 0 amide bonds. The Morgan fingerprint density at radius 1 is 1.36 bits per heavy atom. The van der Waals surface area contributed by atoms with E-state index >= 15 is 0 Å². The van der Waals surface area contributed by atoms with Gasteiger partial charge < -0.3 is 5.11 Å². The van der Waals surface area contributed by atoms with Crippen LogP contribution in [0.25, 0.3) is 0 Å². The van der Waals surface area contributed by atoms with Gasteiger partial charge in [-0.05, 0) is 25.3 Å². The maximum atomic E-state index is 11.5. The lowest BCUT2D eigenvalue weighted by molar-refractivity contribution is -0.213. The number of nitrogens with zero attached hydrogens (tertiary/aromatic N) is 2. The summed E-state index contributed by atoms with van der Waals surface area (Å²) in [5, 5.41) is 20.2. The van der Waals surface area contributed by atoms with E-state index in [1.165, 1.54) is 0 Å². The van der Waals surface area contributed by atoms with Gasteiger partial charge >= 0.3 is 0 Å². The van der Waals surface area contributed by atoms with E-state index in [4.69, 9.17) is 5.26 Å². The van der Waals surface area contributed by atoms with Gasteiger partial charge in [0.05, 0.1) is 6.07 Å². The highest BCUT2D eigenvalue weighted by Gasteiger charge is 2.13. The van der Waals surface area contributed by atoms with Crippen LogP contribution in [0.2, 0.25) is 0 Å². The quantitative estimate of drug-likeness (QED) is 0.514. The van der Waals surface area contributed by atoms with Crippen molar-refractivity contribution in [1.82, 2.24) is 0 Å². The van der Waals surface area contributed by atoms with Gasteiger partial charge in [-0.2, -0.15) is 5.26 Å². The van der Waals surface area contributed by atoms with Gasteiger partial charge in [0.15, 0.2) is 0 Å². The minimum absolute atomic E-state index is 0.350. The molecule has 3 nitrogen and oxygen atoms in total. The first-order valence-electron chi connectivity index (χ1n) is 4.29. The van der Waals surface area contributed by atoms with Crippen LogP contribution in [0.3, 0.4) is 0 Å². The fourth-order valence-corrected chi connectivity index (χ4v) is 0.924. The lowest BCUT2D eigenvalue weighted by atomic mass is 10.1. The molecule has 1 aromatic rings. The van der Waals surface area contributed by atoms with E-state index in [2.05, 4.69) is 4.99 Å². The Bertz CT molecular complexity index is 374. The predicted octanol–water partition coefficient (Wildman–Crippen LogP) is 1.10. The average Bonchev–Trinajstić information content (AvgIpc) is 2.19. The smallest absolute Gasteiger partial charge is 0.140 e. The minimum Gasteiger partial charge on any atom is -0.858 e. The molecule has 3 heteroatoms. The van der Waals surface area contributed by atoms with E-state index in [0.717, 1.165) is 0 Å². The van der Waals surface area contributed by atoms with Crippen LogP contribution < -0.4 is 5.11 Å². The highest BCUT2D eigenvalue weighted by atomic mass is 16.3. The molecule has 0 aliphatic rings. The van der Waals surface area contributed by atoms with Gasteiger partial charge in [-0.1, -0.05) is 30.3 Å². The Labute approximate surface area is 83.3 Å². The van der Waals surface area contributed by atoms with E-state index < -0.39 is 5.54 Å². The van der Waals surface area contributed by atoms with Crippen LogP contribution >= 0.6 is 0 Å². The predicted molar refractivity (Wildman–Crippen MR) is 52.7 cm³/mol. The van der Waals surface area contributed by atoms with E-state index in [1.807, 2.05) is 12.1 Å². The Morgan fingerprint density at radius 3 is 2.43 bits per heavy atom. The third-order valence-corrected chi connectivity index (χ3v) is 1.68. The second-order valence-corrected chi connectivity index (χ2v) is 3.45. The number of nitriles is 1. The summed E-state index contributed by atoms with van der Waals surface area (Å²) in [4.78, 5) is 3.80. The fraction of sp³-hybridized carbons (Fsp3) is 0.273. The van der Waals surface area contributed by atoms with Crippen molar-refractivity contribution in [1.29, 1.82) is 5.26 Å². The molecule has 0 radical (unpaired) electrons. The molecular weight excluding hydrogens is 176 g/mol. The van der Waals surface area contributed by atoms with Crippen LogP contribution in [0.1, 0.15) is 19.4 Å². The first-order valence-corrected chi connectivity index (χ1v) is 4.29. The third-order valence-electron chi connectivity index (χ3n) is 1.68. The maximum Gasteiger partial charge on any atom is 0.140 e. The summed E-state index contributed by atoms with van der Waals surface area (Å²) in [6.07, 6.45) is 0. The van der Waals surface area contributed by atoms with E-state index in [-0.39, 0.29) is 5.90 Å². The van der Waals surface area contributed by atoms with Crippen LogP contribution in [0.15, 0.2) is 35.3 Å². The lowest BCUT2D eigenvalue weighted by Gasteiger charge is -2.17. The standard InChI is InChI=1S/C11H12N2O/c1-11(2,8-12)13-10(14)9-6-4-3-5-7-9/h3-7H,1-2H3,(H,13,14)/p-1. The second kappa shape index (κ2) is 3.93. The number of aliphatic imine (C=N–C) groups is 1. The highest BCUT2D eigenvalue weighted by molar-refractivity contribution is 5.90. The molecule has 0 saturated heterocycles. The summed E-state index contributed by atoms with van der Waals surface area (Å²) in [6.45, 7) is 3.21. The summed E-state index contributed by atoms with van der Waals surface area (Å²) in [6, 6.07) is 10.7.